The predicted octanol–water partition coefficient (Wildman–Crippen LogP) is 3.66. The summed E-state index contributed by atoms with van der Waals surface area (Å²) >= 11 is 0. The largest absolute Gasteiger partial charge is 0.467 e. The standard InChI is InChI=1S/C17H20FNO2/c1-13(19-2)16-10-15(18)8-9-17(16)21-12-20-11-14-6-4-3-5-7-14/h3-10,13,19H,11-12H2,1-2H3. The van der Waals surface area contributed by atoms with Gasteiger partial charge in [0.2, 0.25) is 0 Å². The highest BCUT2D eigenvalue weighted by molar-refractivity contribution is 5.36. The van der Waals surface area contributed by atoms with Crippen LogP contribution in [0, 0.1) is 5.82 Å². The molecule has 21 heavy (non-hydrogen) atoms. The number of halogens is 1. The quantitative estimate of drug-likeness (QED) is 0.623. The fourth-order valence-electron chi connectivity index (χ4n) is 1.98. The second-order valence-electron chi connectivity index (χ2n) is 4.79. The molecule has 4 heteroatoms. The lowest BCUT2D eigenvalue weighted by molar-refractivity contribution is 0.00429. The lowest BCUT2D eigenvalue weighted by Crippen LogP contribution is -2.14. The van der Waals surface area contributed by atoms with E-state index >= 15 is 0 Å². The first kappa shape index (κ1) is 15.5. The van der Waals surface area contributed by atoms with E-state index in [0.717, 1.165) is 11.1 Å². The second kappa shape index (κ2) is 7.76. The summed E-state index contributed by atoms with van der Waals surface area (Å²) < 4.78 is 24.4. The molecule has 2 rings (SSSR count). The van der Waals surface area contributed by atoms with Crippen LogP contribution in [0.15, 0.2) is 48.5 Å². The van der Waals surface area contributed by atoms with Crippen molar-refractivity contribution >= 4 is 0 Å². The van der Waals surface area contributed by atoms with Gasteiger partial charge in [-0.15, -0.1) is 0 Å². The van der Waals surface area contributed by atoms with Gasteiger partial charge in [-0.2, -0.15) is 0 Å². The molecule has 3 nitrogen and oxygen atoms in total. The zero-order valence-corrected chi connectivity index (χ0v) is 12.3. The van der Waals surface area contributed by atoms with Gasteiger partial charge >= 0.3 is 0 Å². The van der Waals surface area contributed by atoms with Gasteiger partial charge in [-0.1, -0.05) is 30.3 Å². The molecule has 0 aromatic heterocycles. The van der Waals surface area contributed by atoms with Gasteiger partial charge in [-0.3, -0.25) is 0 Å². The molecule has 112 valence electrons. The first-order valence-corrected chi connectivity index (χ1v) is 6.92. The number of hydrogen-bond donors (Lipinski definition) is 1. The number of nitrogens with one attached hydrogen (secondary N) is 1. The van der Waals surface area contributed by atoms with E-state index in [9.17, 15) is 4.39 Å². The van der Waals surface area contributed by atoms with Crippen molar-refractivity contribution in [3.8, 4) is 5.75 Å². The van der Waals surface area contributed by atoms with Crippen LogP contribution in [-0.4, -0.2) is 13.8 Å². The zero-order chi connectivity index (χ0) is 15.1. The molecule has 2 aromatic rings. The SMILES string of the molecule is CNC(C)c1cc(F)ccc1OCOCc1ccccc1. The van der Waals surface area contributed by atoms with E-state index in [4.69, 9.17) is 9.47 Å². The van der Waals surface area contributed by atoms with Gasteiger partial charge in [0.15, 0.2) is 6.79 Å². The van der Waals surface area contributed by atoms with E-state index in [0.29, 0.717) is 12.4 Å². The number of rotatable bonds is 7. The molecule has 1 N–H and O–H groups in total. The van der Waals surface area contributed by atoms with Gasteiger partial charge in [0.25, 0.3) is 0 Å². The fourth-order valence-corrected chi connectivity index (χ4v) is 1.98. The van der Waals surface area contributed by atoms with Gasteiger partial charge in [0.1, 0.15) is 11.6 Å². The Morgan fingerprint density at radius 1 is 1.14 bits per heavy atom. The van der Waals surface area contributed by atoms with Crippen LogP contribution in [0.5, 0.6) is 5.75 Å². The minimum absolute atomic E-state index is 0.00447. The molecular formula is C17H20FNO2. The molecule has 0 heterocycles. The van der Waals surface area contributed by atoms with Crippen molar-refractivity contribution in [2.45, 2.75) is 19.6 Å². The first-order chi connectivity index (χ1) is 10.2. The van der Waals surface area contributed by atoms with Crippen LogP contribution >= 0.6 is 0 Å². The van der Waals surface area contributed by atoms with Crippen LogP contribution in [0.4, 0.5) is 4.39 Å². The Balaban J connectivity index is 1.91. The Labute approximate surface area is 124 Å². The number of ether oxygens (including phenoxy) is 2. The average Bonchev–Trinajstić information content (AvgIpc) is 2.53. The Bertz CT molecular complexity index is 560. The molecule has 0 saturated heterocycles. The Morgan fingerprint density at radius 3 is 2.62 bits per heavy atom. The normalized spacial score (nSPS) is 12.1. The Hall–Kier alpha value is -1.91. The van der Waals surface area contributed by atoms with E-state index in [1.807, 2.05) is 44.3 Å². The summed E-state index contributed by atoms with van der Waals surface area (Å²) in [4.78, 5) is 0. The minimum atomic E-state index is -0.273. The Morgan fingerprint density at radius 2 is 1.90 bits per heavy atom. The van der Waals surface area contributed by atoms with Crippen molar-refractivity contribution in [3.05, 3.63) is 65.5 Å². The summed E-state index contributed by atoms with van der Waals surface area (Å²) in [6.45, 7) is 2.56. The van der Waals surface area contributed by atoms with Crippen LogP contribution in [0.3, 0.4) is 0 Å². The molecule has 0 spiro atoms. The van der Waals surface area contributed by atoms with E-state index in [-0.39, 0.29) is 18.7 Å². The maximum atomic E-state index is 13.3. The van der Waals surface area contributed by atoms with Crippen LogP contribution in [0.2, 0.25) is 0 Å². The van der Waals surface area contributed by atoms with E-state index in [2.05, 4.69) is 5.32 Å². The van der Waals surface area contributed by atoms with Crippen LogP contribution < -0.4 is 10.1 Å². The summed E-state index contributed by atoms with van der Waals surface area (Å²) in [6.07, 6.45) is 0. The molecule has 0 aliphatic carbocycles. The topological polar surface area (TPSA) is 30.5 Å². The molecule has 0 amide bonds. The van der Waals surface area contributed by atoms with E-state index in [1.54, 1.807) is 6.07 Å². The number of benzene rings is 2. The maximum Gasteiger partial charge on any atom is 0.189 e. The maximum absolute atomic E-state index is 13.3. The summed E-state index contributed by atoms with van der Waals surface area (Å²) in [7, 11) is 1.82. The molecule has 1 atom stereocenters. The molecule has 0 bridgehead atoms. The molecular weight excluding hydrogens is 269 g/mol. The summed E-state index contributed by atoms with van der Waals surface area (Å²) in [5, 5.41) is 3.08. The zero-order valence-electron chi connectivity index (χ0n) is 12.3. The summed E-state index contributed by atoms with van der Waals surface area (Å²) in [5.74, 6) is 0.357. The van der Waals surface area contributed by atoms with Gasteiger partial charge in [0.05, 0.1) is 6.61 Å². The van der Waals surface area contributed by atoms with Crippen molar-refractivity contribution in [2.75, 3.05) is 13.8 Å². The highest BCUT2D eigenvalue weighted by atomic mass is 19.1. The first-order valence-electron chi connectivity index (χ1n) is 6.92. The minimum Gasteiger partial charge on any atom is -0.467 e. The van der Waals surface area contributed by atoms with E-state index < -0.39 is 0 Å². The average molecular weight is 289 g/mol. The summed E-state index contributed by atoms with van der Waals surface area (Å²) in [6, 6.07) is 14.4. The fraction of sp³-hybridized carbons (Fsp3) is 0.294. The molecule has 1 unspecified atom stereocenters. The van der Waals surface area contributed by atoms with Gasteiger partial charge in [-0.25, -0.2) is 4.39 Å². The third-order valence-electron chi connectivity index (χ3n) is 3.28. The Kier molecular flexibility index (Phi) is 5.72. The molecule has 0 saturated carbocycles. The molecule has 0 radical (unpaired) electrons. The smallest absolute Gasteiger partial charge is 0.189 e. The second-order valence-corrected chi connectivity index (χ2v) is 4.79. The number of hydrogen-bond acceptors (Lipinski definition) is 3. The van der Waals surface area contributed by atoms with Crippen LogP contribution in [0.25, 0.3) is 0 Å². The van der Waals surface area contributed by atoms with Gasteiger partial charge in [-0.05, 0) is 37.7 Å². The highest BCUT2D eigenvalue weighted by Gasteiger charge is 2.11. The van der Waals surface area contributed by atoms with Crippen molar-refractivity contribution in [1.29, 1.82) is 0 Å². The van der Waals surface area contributed by atoms with Crippen molar-refractivity contribution < 1.29 is 13.9 Å². The van der Waals surface area contributed by atoms with Gasteiger partial charge < -0.3 is 14.8 Å². The predicted molar refractivity (Wildman–Crippen MR) is 80.6 cm³/mol. The molecule has 0 aliphatic rings. The molecule has 0 aliphatic heterocycles. The summed E-state index contributed by atoms with van der Waals surface area (Å²) in [5.41, 5.74) is 1.87. The molecule has 2 aromatic carbocycles. The third kappa shape index (κ3) is 4.55. The van der Waals surface area contributed by atoms with Crippen molar-refractivity contribution in [2.24, 2.45) is 0 Å². The van der Waals surface area contributed by atoms with Crippen molar-refractivity contribution in [3.63, 3.8) is 0 Å². The van der Waals surface area contributed by atoms with Crippen molar-refractivity contribution in [1.82, 2.24) is 5.32 Å². The lowest BCUT2D eigenvalue weighted by atomic mass is 10.1. The monoisotopic (exact) mass is 289 g/mol. The highest BCUT2D eigenvalue weighted by Crippen LogP contribution is 2.25. The molecule has 0 fully saturated rings. The third-order valence-corrected chi connectivity index (χ3v) is 3.28. The lowest BCUT2D eigenvalue weighted by Gasteiger charge is -2.16. The van der Waals surface area contributed by atoms with Gasteiger partial charge in [0, 0.05) is 11.6 Å². The van der Waals surface area contributed by atoms with E-state index in [1.165, 1.54) is 12.1 Å². The van der Waals surface area contributed by atoms with Crippen LogP contribution in [0.1, 0.15) is 24.1 Å². The van der Waals surface area contributed by atoms with Crippen LogP contribution in [-0.2, 0) is 11.3 Å².